The first-order valence-electron chi connectivity index (χ1n) is 9.97. The summed E-state index contributed by atoms with van der Waals surface area (Å²) in [4.78, 5) is 30.9. The van der Waals surface area contributed by atoms with Crippen LogP contribution in [0.2, 0.25) is 0 Å². The topological polar surface area (TPSA) is 76.9 Å². The van der Waals surface area contributed by atoms with E-state index >= 15 is 0 Å². The Morgan fingerprint density at radius 1 is 1.03 bits per heavy atom. The predicted molar refractivity (Wildman–Crippen MR) is 125 cm³/mol. The normalized spacial score (nSPS) is 11.1. The van der Waals surface area contributed by atoms with Gasteiger partial charge < -0.3 is 5.32 Å². The molecule has 31 heavy (non-hydrogen) atoms. The highest BCUT2D eigenvalue weighted by Crippen LogP contribution is 2.24. The minimum absolute atomic E-state index is 0.153. The van der Waals surface area contributed by atoms with E-state index in [1.165, 1.54) is 4.68 Å². The Morgan fingerprint density at radius 2 is 1.77 bits per heavy atom. The molecule has 0 fully saturated rings. The lowest BCUT2D eigenvalue weighted by molar-refractivity contribution is 0.102. The van der Waals surface area contributed by atoms with Crippen LogP contribution in [-0.2, 0) is 5.75 Å². The summed E-state index contributed by atoms with van der Waals surface area (Å²) in [5.74, 6) is 0.480. The van der Waals surface area contributed by atoms with Crippen LogP contribution in [0, 0.1) is 0 Å². The van der Waals surface area contributed by atoms with E-state index in [0.717, 1.165) is 16.2 Å². The zero-order valence-electron chi connectivity index (χ0n) is 17.3. The molecule has 4 aromatic rings. The molecule has 6 nitrogen and oxygen atoms in total. The van der Waals surface area contributed by atoms with Crippen molar-refractivity contribution in [1.82, 2.24) is 14.8 Å². The van der Waals surface area contributed by atoms with Crippen molar-refractivity contribution in [3.05, 3.63) is 94.7 Å². The Morgan fingerprint density at radius 3 is 2.45 bits per heavy atom. The fourth-order valence-electron chi connectivity index (χ4n) is 3.20. The zero-order valence-corrected chi connectivity index (χ0v) is 18.1. The van der Waals surface area contributed by atoms with E-state index in [4.69, 9.17) is 0 Å². The maximum atomic E-state index is 13.0. The van der Waals surface area contributed by atoms with Crippen LogP contribution in [0.25, 0.3) is 10.8 Å². The summed E-state index contributed by atoms with van der Waals surface area (Å²) in [6.45, 7) is 3.74. The minimum atomic E-state index is -0.346. The van der Waals surface area contributed by atoms with Gasteiger partial charge in [-0.15, -0.1) is 11.8 Å². The number of thioether (sulfide) groups is 1. The molecule has 0 radical (unpaired) electrons. The Kier molecular flexibility index (Phi) is 6.13. The van der Waals surface area contributed by atoms with Gasteiger partial charge in [0, 0.05) is 34.1 Å². The van der Waals surface area contributed by atoms with Crippen molar-refractivity contribution in [2.45, 2.75) is 30.5 Å². The number of hydrogen-bond donors (Lipinski definition) is 1. The van der Waals surface area contributed by atoms with Crippen LogP contribution in [0.1, 0.15) is 35.9 Å². The van der Waals surface area contributed by atoms with Gasteiger partial charge in [-0.05, 0) is 55.8 Å². The van der Waals surface area contributed by atoms with Gasteiger partial charge in [0.25, 0.3) is 11.5 Å². The number of pyridine rings is 1. The van der Waals surface area contributed by atoms with E-state index < -0.39 is 0 Å². The summed E-state index contributed by atoms with van der Waals surface area (Å²) in [5, 5.41) is 8.29. The van der Waals surface area contributed by atoms with Crippen molar-refractivity contribution in [2.24, 2.45) is 0 Å². The molecule has 0 saturated carbocycles. The number of amides is 1. The number of nitrogens with zero attached hydrogens (tertiary/aromatic N) is 3. The Labute approximate surface area is 184 Å². The van der Waals surface area contributed by atoms with Crippen molar-refractivity contribution < 1.29 is 4.79 Å². The highest BCUT2D eigenvalue weighted by Gasteiger charge is 2.18. The molecule has 0 aliphatic heterocycles. The van der Waals surface area contributed by atoms with Crippen molar-refractivity contribution in [2.75, 3.05) is 5.32 Å². The zero-order chi connectivity index (χ0) is 21.8. The van der Waals surface area contributed by atoms with Crippen LogP contribution in [0.15, 0.2) is 82.7 Å². The number of benzene rings is 2. The van der Waals surface area contributed by atoms with Crippen molar-refractivity contribution in [3.63, 3.8) is 0 Å². The molecule has 2 aromatic heterocycles. The third-order valence-corrected chi connectivity index (χ3v) is 5.86. The number of carbonyl (C=O) groups excluding carboxylic acids is 1. The molecule has 2 heterocycles. The molecule has 156 valence electrons. The maximum absolute atomic E-state index is 13.0. The average Bonchev–Trinajstić information content (AvgIpc) is 2.79. The van der Waals surface area contributed by atoms with Gasteiger partial charge in [0.05, 0.1) is 11.4 Å². The molecule has 1 amide bonds. The molecule has 0 saturated heterocycles. The summed E-state index contributed by atoms with van der Waals surface area (Å²) >= 11 is 1.70. The van der Waals surface area contributed by atoms with Crippen LogP contribution in [0.3, 0.4) is 0 Å². The molecular weight excluding hydrogens is 408 g/mol. The number of rotatable bonds is 6. The van der Waals surface area contributed by atoms with Crippen molar-refractivity contribution in [1.29, 1.82) is 0 Å². The molecule has 0 spiro atoms. The van der Waals surface area contributed by atoms with E-state index in [9.17, 15) is 9.59 Å². The second-order valence-electron chi connectivity index (χ2n) is 7.37. The second kappa shape index (κ2) is 9.14. The van der Waals surface area contributed by atoms with Crippen LogP contribution >= 0.6 is 11.8 Å². The fourth-order valence-corrected chi connectivity index (χ4v) is 4.03. The molecule has 4 rings (SSSR count). The van der Waals surface area contributed by atoms with Crippen LogP contribution in [-0.4, -0.2) is 20.7 Å². The van der Waals surface area contributed by atoms with E-state index in [-0.39, 0.29) is 23.2 Å². The number of aromatic nitrogens is 3. The number of hydrogen-bond acceptors (Lipinski definition) is 5. The lowest BCUT2D eigenvalue weighted by Gasteiger charge is -2.13. The van der Waals surface area contributed by atoms with Crippen LogP contribution in [0.4, 0.5) is 5.69 Å². The Balaban J connectivity index is 1.54. The number of nitrogens with one attached hydrogen (secondary N) is 1. The largest absolute Gasteiger partial charge is 0.321 e. The lowest BCUT2D eigenvalue weighted by Crippen LogP contribution is -2.28. The molecule has 0 bridgehead atoms. The van der Waals surface area contributed by atoms with Gasteiger partial charge in [-0.2, -0.15) is 5.10 Å². The molecule has 0 unspecified atom stereocenters. The predicted octanol–water partition coefficient (Wildman–Crippen LogP) is 4.92. The number of anilines is 1. The monoisotopic (exact) mass is 430 g/mol. The first kappa shape index (κ1) is 20.8. The minimum Gasteiger partial charge on any atom is -0.321 e. The molecule has 0 aliphatic rings. The summed E-state index contributed by atoms with van der Waals surface area (Å²) in [7, 11) is 0. The second-order valence-corrected chi connectivity index (χ2v) is 8.41. The van der Waals surface area contributed by atoms with Crippen molar-refractivity contribution in [3.8, 4) is 0 Å². The quantitative estimate of drug-likeness (QED) is 0.440. The van der Waals surface area contributed by atoms with Gasteiger partial charge in [-0.3, -0.25) is 14.6 Å². The summed E-state index contributed by atoms with van der Waals surface area (Å²) in [6.07, 6.45) is 3.62. The van der Waals surface area contributed by atoms with Crippen LogP contribution < -0.4 is 10.9 Å². The van der Waals surface area contributed by atoms with E-state index in [2.05, 4.69) is 15.4 Å². The SMILES string of the molecule is CC(C)n1nc(C(=O)Nc2ccc(SCc3cccnc3)cc2)c2ccccc2c1=O. The third-order valence-electron chi connectivity index (χ3n) is 4.77. The highest BCUT2D eigenvalue weighted by molar-refractivity contribution is 7.98. The summed E-state index contributed by atoms with van der Waals surface area (Å²) < 4.78 is 1.36. The van der Waals surface area contributed by atoms with E-state index in [1.807, 2.05) is 56.4 Å². The standard InChI is InChI=1S/C24H22N4O2S/c1-16(2)28-24(30)21-8-4-3-7-20(21)22(27-28)23(29)26-18-9-11-19(12-10-18)31-15-17-6-5-13-25-14-17/h3-14,16H,15H2,1-2H3,(H,26,29). The van der Waals surface area contributed by atoms with Gasteiger partial charge in [0.2, 0.25) is 0 Å². The average molecular weight is 431 g/mol. The highest BCUT2D eigenvalue weighted by atomic mass is 32.2. The van der Waals surface area contributed by atoms with Gasteiger partial charge in [0.1, 0.15) is 0 Å². The van der Waals surface area contributed by atoms with E-state index in [0.29, 0.717) is 16.5 Å². The number of fused-ring (bicyclic) bond motifs is 1. The molecule has 0 atom stereocenters. The third kappa shape index (κ3) is 4.67. The first-order valence-corrected chi connectivity index (χ1v) is 11.0. The van der Waals surface area contributed by atoms with Gasteiger partial charge in [-0.1, -0.05) is 24.3 Å². The van der Waals surface area contributed by atoms with Gasteiger partial charge in [0.15, 0.2) is 5.69 Å². The maximum Gasteiger partial charge on any atom is 0.276 e. The lowest BCUT2D eigenvalue weighted by atomic mass is 10.1. The van der Waals surface area contributed by atoms with Crippen LogP contribution in [0.5, 0.6) is 0 Å². The molecule has 0 aliphatic carbocycles. The summed E-state index contributed by atoms with van der Waals surface area (Å²) in [5.41, 5.74) is 1.86. The molecule has 7 heteroatoms. The fraction of sp³-hybridized carbons (Fsp3) is 0.167. The van der Waals surface area contributed by atoms with Gasteiger partial charge >= 0.3 is 0 Å². The smallest absolute Gasteiger partial charge is 0.276 e. The van der Waals surface area contributed by atoms with Crippen molar-refractivity contribution >= 4 is 34.1 Å². The van der Waals surface area contributed by atoms with Gasteiger partial charge in [-0.25, -0.2) is 4.68 Å². The summed E-state index contributed by atoms with van der Waals surface area (Å²) in [6, 6.07) is 18.6. The molecule has 2 aromatic carbocycles. The first-order chi connectivity index (χ1) is 15.0. The Bertz CT molecular complexity index is 1270. The molecular formula is C24H22N4O2S. The van der Waals surface area contributed by atoms with E-state index in [1.54, 1.807) is 42.2 Å². The number of carbonyl (C=O) groups is 1. The molecule has 1 N–H and O–H groups in total. The Hall–Kier alpha value is -3.45.